The summed E-state index contributed by atoms with van der Waals surface area (Å²) in [5.74, 6) is 0.294. The summed E-state index contributed by atoms with van der Waals surface area (Å²) in [7, 11) is 0. The highest BCUT2D eigenvalue weighted by atomic mass is 16.3. The molecule has 4 N–H and O–H groups in total. The van der Waals surface area contributed by atoms with E-state index < -0.39 is 0 Å². The monoisotopic (exact) mass is 283 g/mol. The number of phenols is 1. The summed E-state index contributed by atoms with van der Waals surface area (Å²) in [4.78, 5) is 16.7. The number of benzene rings is 2. The molecule has 1 unspecified atom stereocenters. The number of fused-ring (bicyclic) bond motifs is 1. The Kier molecular flexibility index (Phi) is 3.50. The van der Waals surface area contributed by atoms with Crippen molar-refractivity contribution in [1.82, 2.24) is 15.3 Å². The van der Waals surface area contributed by atoms with Crippen LogP contribution in [0.1, 0.15) is 24.1 Å². The van der Waals surface area contributed by atoms with Crippen molar-refractivity contribution in [3.8, 4) is 5.75 Å². The molecule has 108 valence electrons. The molecule has 0 saturated carbocycles. The first-order valence-electron chi connectivity index (χ1n) is 6.85. The molecule has 21 heavy (non-hydrogen) atoms. The molecular weight excluding hydrogens is 266 g/mol. The van der Waals surface area contributed by atoms with Gasteiger partial charge in [-0.15, -0.1) is 0 Å². The van der Waals surface area contributed by atoms with Gasteiger partial charge in [0.05, 0.1) is 11.0 Å². The third-order valence-corrected chi connectivity index (χ3v) is 3.63. The highest BCUT2D eigenvalue weighted by Gasteiger charge is 2.08. The fraction of sp³-hybridized carbons (Fsp3) is 0.188. The molecule has 0 aliphatic carbocycles. The molecule has 2 aromatic carbocycles. The van der Waals surface area contributed by atoms with Crippen LogP contribution in [0.3, 0.4) is 0 Å². The largest absolute Gasteiger partial charge is 0.508 e. The fourth-order valence-corrected chi connectivity index (χ4v) is 2.36. The minimum Gasteiger partial charge on any atom is -0.508 e. The highest BCUT2D eigenvalue weighted by Crippen LogP contribution is 2.19. The zero-order valence-corrected chi connectivity index (χ0v) is 11.7. The summed E-state index contributed by atoms with van der Waals surface area (Å²) < 4.78 is 0. The van der Waals surface area contributed by atoms with Crippen LogP contribution in [0.2, 0.25) is 0 Å². The van der Waals surface area contributed by atoms with Crippen molar-refractivity contribution in [3.05, 3.63) is 64.1 Å². The lowest BCUT2D eigenvalue weighted by atomic mass is 10.1. The van der Waals surface area contributed by atoms with E-state index in [0.717, 1.165) is 22.2 Å². The highest BCUT2D eigenvalue weighted by molar-refractivity contribution is 5.75. The Morgan fingerprint density at radius 1 is 1.14 bits per heavy atom. The number of nitrogens with one attached hydrogen (secondary N) is 3. The number of hydrogen-bond donors (Lipinski definition) is 4. The van der Waals surface area contributed by atoms with Crippen molar-refractivity contribution in [3.63, 3.8) is 0 Å². The lowest BCUT2D eigenvalue weighted by molar-refractivity contribution is 0.460. The van der Waals surface area contributed by atoms with E-state index in [4.69, 9.17) is 0 Å². The van der Waals surface area contributed by atoms with E-state index in [0.29, 0.717) is 12.3 Å². The van der Waals surface area contributed by atoms with E-state index >= 15 is 0 Å². The molecule has 0 aliphatic rings. The molecule has 1 heterocycles. The number of rotatable bonds is 4. The van der Waals surface area contributed by atoms with Gasteiger partial charge in [-0.1, -0.05) is 24.3 Å². The van der Waals surface area contributed by atoms with Gasteiger partial charge in [-0.25, -0.2) is 4.79 Å². The normalized spacial score (nSPS) is 12.6. The van der Waals surface area contributed by atoms with E-state index in [1.54, 1.807) is 12.1 Å². The maximum atomic E-state index is 11.3. The summed E-state index contributed by atoms with van der Waals surface area (Å²) in [5.41, 5.74) is 3.34. The minimum atomic E-state index is -0.197. The van der Waals surface area contributed by atoms with Crippen molar-refractivity contribution >= 4 is 11.0 Å². The molecule has 0 bridgehead atoms. The van der Waals surface area contributed by atoms with Crippen LogP contribution >= 0.6 is 0 Å². The zero-order chi connectivity index (χ0) is 14.8. The van der Waals surface area contributed by atoms with Crippen LogP contribution in [-0.2, 0) is 6.54 Å². The summed E-state index contributed by atoms with van der Waals surface area (Å²) in [6.45, 7) is 2.63. The predicted molar refractivity (Wildman–Crippen MR) is 82.3 cm³/mol. The topological polar surface area (TPSA) is 80.9 Å². The molecule has 5 heteroatoms. The zero-order valence-electron chi connectivity index (χ0n) is 11.7. The lowest BCUT2D eigenvalue weighted by Gasteiger charge is -2.15. The molecule has 3 aromatic rings. The average Bonchev–Trinajstić information content (AvgIpc) is 2.85. The van der Waals surface area contributed by atoms with Crippen LogP contribution in [0.15, 0.2) is 47.3 Å². The summed E-state index contributed by atoms with van der Waals surface area (Å²) in [5, 5.41) is 13.1. The Morgan fingerprint density at radius 2 is 1.90 bits per heavy atom. The molecule has 0 saturated heterocycles. The van der Waals surface area contributed by atoms with Crippen molar-refractivity contribution < 1.29 is 5.11 Å². The first-order chi connectivity index (χ1) is 10.1. The van der Waals surface area contributed by atoms with E-state index in [1.807, 2.05) is 37.3 Å². The van der Waals surface area contributed by atoms with Gasteiger partial charge < -0.3 is 20.4 Å². The van der Waals surface area contributed by atoms with Crippen LogP contribution in [0, 0.1) is 0 Å². The molecule has 1 atom stereocenters. The van der Waals surface area contributed by atoms with Crippen molar-refractivity contribution in [1.29, 1.82) is 0 Å². The first kappa shape index (κ1) is 13.5. The summed E-state index contributed by atoms with van der Waals surface area (Å²) >= 11 is 0. The number of aromatic amines is 2. The molecule has 0 fully saturated rings. The quantitative estimate of drug-likeness (QED) is 0.593. The van der Waals surface area contributed by atoms with Crippen LogP contribution in [0.4, 0.5) is 0 Å². The Bertz CT molecular complexity index is 820. The molecule has 3 rings (SSSR count). The minimum absolute atomic E-state index is 0.104. The Balaban J connectivity index is 1.76. The molecule has 0 aliphatic heterocycles. The van der Waals surface area contributed by atoms with Gasteiger partial charge in [-0.3, -0.25) is 0 Å². The number of para-hydroxylation sites is 1. The Morgan fingerprint density at radius 3 is 2.71 bits per heavy atom. The molecule has 1 aromatic heterocycles. The van der Waals surface area contributed by atoms with Gasteiger partial charge in [0, 0.05) is 18.2 Å². The lowest BCUT2D eigenvalue weighted by Crippen LogP contribution is -2.18. The van der Waals surface area contributed by atoms with Crippen LogP contribution in [-0.4, -0.2) is 15.1 Å². The van der Waals surface area contributed by atoms with Crippen LogP contribution < -0.4 is 11.0 Å². The van der Waals surface area contributed by atoms with Gasteiger partial charge in [-0.05, 0) is 30.7 Å². The number of aromatic nitrogens is 2. The van der Waals surface area contributed by atoms with E-state index in [1.165, 1.54) is 0 Å². The van der Waals surface area contributed by atoms with Gasteiger partial charge in [0.1, 0.15) is 5.75 Å². The van der Waals surface area contributed by atoms with Gasteiger partial charge in [0.2, 0.25) is 0 Å². The second-order valence-corrected chi connectivity index (χ2v) is 5.12. The number of aromatic hydroxyl groups is 1. The third kappa shape index (κ3) is 2.83. The van der Waals surface area contributed by atoms with Crippen molar-refractivity contribution in [2.24, 2.45) is 0 Å². The van der Waals surface area contributed by atoms with Gasteiger partial charge in [-0.2, -0.15) is 0 Å². The maximum Gasteiger partial charge on any atom is 0.323 e. The molecule has 5 nitrogen and oxygen atoms in total. The standard InChI is InChI=1S/C16H17N3O2/c1-10(17-9-12-4-2-3-5-15(12)20)11-6-7-13-14(8-11)19-16(21)18-13/h2-8,10,17,20H,9H2,1H3,(H2,18,19,21). The van der Waals surface area contributed by atoms with E-state index in [2.05, 4.69) is 15.3 Å². The maximum absolute atomic E-state index is 11.3. The number of H-pyrrole nitrogens is 2. The van der Waals surface area contributed by atoms with Gasteiger partial charge in [0.15, 0.2) is 0 Å². The fourth-order valence-electron chi connectivity index (χ4n) is 2.36. The molecule has 0 amide bonds. The van der Waals surface area contributed by atoms with Crippen molar-refractivity contribution in [2.75, 3.05) is 0 Å². The van der Waals surface area contributed by atoms with E-state index in [-0.39, 0.29) is 11.7 Å². The van der Waals surface area contributed by atoms with Crippen LogP contribution in [0.25, 0.3) is 11.0 Å². The second kappa shape index (κ2) is 5.46. The SMILES string of the molecule is CC(NCc1ccccc1O)c1ccc2[nH]c(=O)[nH]c2c1. The van der Waals surface area contributed by atoms with Gasteiger partial charge in [0.25, 0.3) is 0 Å². The average molecular weight is 283 g/mol. The van der Waals surface area contributed by atoms with Crippen LogP contribution in [0.5, 0.6) is 5.75 Å². The summed E-state index contributed by atoms with van der Waals surface area (Å²) in [6.07, 6.45) is 0. The number of hydrogen-bond acceptors (Lipinski definition) is 3. The van der Waals surface area contributed by atoms with Gasteiger partial charge >= 0.3 is 5.69 Å². The number of imidazole rings is 1. The third-order valence-electron chi connectivity index (χ3n) is 3.63. The Labute approximate surface area is 121 Å². The second-order valence-electron chi connectivity index (χ2n) is 5.12. The summed E-state index contributed by atoms with van der Waals surface area (Å²) in [6, 6.07) is 13.2. The van der Waals surface area contributed by atoms with E-state index in [9.17, 15) is 9.90 Å². The first-order valence-corrected chi connectivity index (χ1v) is 6.85. The molecular formula is C16H17N3O2. The molecule has 0 radical (unpaired) electrons. The molecule has 0 spiro atoms. The predicted octanol–water partition coefficient (Wildman–Crippen LogP) is 2.41. The Hall–Kier alpha value is -2.53. The smallest absolute Gasteiger partial charge is 0.323 e. The number of phenolic OH excluding ortho intramolecular Hbond substituents is 1. The van der Waals surface area contributed by atoms with Crippen molar-refractivity contribution in [2.45, 2.75) is 19.5 Å².